The topological polar surface area (TPSA) is 64.0 Å². The van der Waals surface area contributed by atoms with Gasteiger partial charge in [0.2, 0.25) is 0 Å². The molecule has 2 atom stereocenters. The zero-order valence-electron chi connectivity index (χ0n) is 13.1. The molecule has 1 amide bonds. The number of rotatable bonds is 6. The summed E-state index contributed by atoms with van der Waals surface area (Å²) >= 11 is 0. The first kappa shape index (κ1) is 17.8. The van der Waals surface area contributed by atoms with Gasteiger partial charge in [0, 0.05) is 38.7 Å². The van der Waals surface area contributed by atoms with E-state index in [1.165, 1.54) is 4.90 Å². The van der Waals surface area contributed by atoms with Crippen LogP contribution in [0.25, 0.3) is 0 Å². The van der Waals surface area contributed by atoms with Crippen LogP contribution < -0.4 is 0 Å². The minimum atomic E-state index is -0.752. The van der Waals surface area contributed by atoms with Crippen molar-refractivity contribution in [3.63, 3.8) is 0 Å². The van der Waals surface area contributed by atoms with Gasteiger partial charge in [-0.05, 0) is 31.2 Å². The van der Waals surface area contributed by atoms with Crippen LogP contribution in [0.5, 0.6) is 0 Å². The highest BCUT2D eigenvalue weighted by molar-refractivity contribution is 5.94. The van der Waals surface area contributed by atoms with Gasteiger partial charge in [-0.15, -0.1) is 0 Å². The lowest BCUT2D eigenvalue weighted by Crippen LogP contribution is -2.33. The Kier molecular flexibility index (Phi) is 6.04. The standard InChI is InChI=1S/C16H22F2N2O3/c1-19(4-5-21)7-11-8-20(9-12(11)10-22)16(23)14-6-13(17)2-3-15(14)18/h2-3,6,11-12,21-22H,4-5,7-10H2,1H3. The molecule has 1 aliphatic heterocycles. The molecule has 0 saturated carbocycles. The van der Waals surface area contributed by atoms with Gasteiger partial charge >= 0.3 is 0 Å². The Hall–Kier alpha value is -1.57. The highest BCUT2D eigenvalue weighted by Gasteiger charge is 2.36. The summed E-state index contributed by atoms with van der Waals surface area (Å²) in [7, 11) is 1.85. The SMILES string of the molecule is CN(CCO)CC1CN(C(=O)c2cc(F)ccc2F)CC1CO. The molecule has 2 unspecified atom stereocenters. The Morgan fingerprint density at radius 2 is 2.00 bits per heavy atom. The molecule has 1 aliphatic rings. The Morgan fingerprint density at radius 3 is 2.65 bits per heavy atom. The van der Waals surface area contributed by atoms with E-state index in [1.54, 1.807) is 0 Å². The number of aliphatic hydroxyl groups is 2. The maximum Gasteiger partial charge on any atom is 0.256 e. The molecular formula is C16H22F2N2O3. The van der Waals surface area contributed by atoms with E-state index in [0.717, 1.165) is 18.2 Å². The molecule has 1 aromatic carbocycles. The Bertz CT molecular complexity index is 556. The molecule has 7 heteroatoms. The summed E-state index contributed by atoms with van der Waals surface area (Å²) in [5.41, 5.74) is -0.286. The first-order valence-corrected chi connectivity index (χ1v) is 7.60. The fourth-order valence-corrected chi connectivity index (χ4v) is 3.01. The smallest absolute Gasteiger partial charge is 0.256 e. The van der Waals surface area contributed by atoms with E-state index in [-0.39, 0.29) is 30.6 Å². The normalized spacial score (nSPS) is 21.2. The number of amides is 1. The van der Waals surface area contributed by atoms with Gasteiger partial charge in [-0.25, -0.2) is 8.78 Å². The molecule has 5 nitrogen and oxygen atoms in total. The fraction of sp³-hybridized carbons (Fsp3) is 0.562. The van der Waals surface area contributed by atoms with Crippen molar-refractivity contribution >= 4 is 5.91 Å². The number of nitrogens with zero attached hydrogens (tertiary/aromatic N) is 2. The van der Waals surface area contributed by atoms with Crippen molar-refractivity contribution in [3.05, 3.63) is 35.4 Å². The molecule has 1 heterocycles. The van der Waals surface area contributed by atoms with Crippen LogP contribution in [0.1, 0.15) is 10.4 Å². The zero-order chi connectivity index (χ0) is 17.0. The van der Waals surface area contributed by atoms with Gasteiger partial charge < -0.3 is 20.0 Å². The van der Waals surface area contributed by atoms with Crippen molar-refractivity contribution in [3.8, 4) is 0 Å². The largest absolute Gasteiger partial charge is 0.396 e. The van der Waals surface area contributed by atoms with E-state index in [1.807, 2.05) is 11.9 Å². The first-order valence-electron chi connectivity index (χ1n) is 7.60. The molecule has 1 aromatic rings. The summed E-state index contributed by atoms with van der Waals surface area (Å²) in [4.78, 5) is 15.8. The molecule has 0 aliphatic carbocycles. The van der Waals surface area contributed by atoms with Crippen molar-refractivity contribution in [1.29, 1.82) is 0 Å². The van der Waals surface area contributed by atoms with Gasteiger partial charge in [0.05, 0.1) is 12.2 Å². The van der Waals surface area contributed by atoms with Gasteiger partial charge in [-0.1, -0.05) is 0 Å². The molecular weight excluding hydrogens is 306 g/mol. The number of hydrogen-bond acceptors (Lipinski definition) is 4. The minimum absolute atomic E-state index is 0.0251. The number of carbonyl (C=O) groups is 1. The predicted molar refractivity (Wildman–Crippen MR) is 80.9 cm³/mol. The number of benzene rings is 1. The number of likely N-dealkylation sites (N-methyl/N-ethyl adjacent to an activating group) is 1. The fourth-order valence-electron chi connectivity index (χ4n) is 3.01. The van der Waals surface area contributed by atoms with Crippen molar-refractivity contribution < 1.29 is 23.8 Å². The van der Waals surface area contributed by atoms with Crippen LogP contribution in [0, 0.1) is 23.5 Å². The summed E-state index contributed by atoms with van der Waals surface area (Å²) in [5, 5.41) is 18.5. The third-order valence-corrected chi connectivity index (χ3v) is 4.28. The summed E-state index contributed by atoms with van der Waals surface area (Å²) < 4.78 is 27.0. The number of carbonyl (C=O) groups excluding carboxylic acids is 1. The molecule has 0 spiro atoms. The highest BCUT2D eigenvalue weighted by atomic mass is 19.1. The molecule has 0 bridgehead atoms. The molecule has 1 saturated heterocycles. The lowest BCUT2D eigenvalue weighted by Gasteiger charge is -2.23. The number of halogens is 2. The van der Waals surface area contributed by atoms with E-state index in [9.17, 15) is 18.7 Å². The van der Waals surface area contributed by atoms with Gasteiger partial charge in [0.15, 0.2) is 0 Å². The minimum Gasteiger partial charge on any atom is -0.396 e. The molecule has 2 rings (SSSR count). The maximum atomic E-state index is 13.8. The lowest BCUT2D eigenvalue weighted by molar-refractivity contribution is 0.0773. The second-order valence-corrected chi connectivity index (χ2v) is 6.02. The molecule has 23 heavy (non-hydrogen) atoms. The zero-order valence-corrected chi connectivity index (χ0v) is 13.1. The van der Waals surface area contributed by atoms with Crippen molar-refractivity contribution in [2.45, 2.75) is 0 Å². The van der Waals surface area contributed by atoms with Crippen LogP contribution in [0.2, 0.25) is 0 Å². The maximum absolute atomic E-state index is 13.8. The van der Waals surface area contributed by atoms with Crippen LogP contribution in [-0.4, -0.2) is 72.4 Å². The monoisotopic (exact) mass is 328 g/mol. The predicted octanol–water partition coefficient (Wildman–Crippen LogP) is 0.569. The average molecular weight is 328 g/mol. The molecule has 0 radical (unpaired) electrons. The van der Waals surface area contributed by atoms with Crippen molar-refractivity contribution in [1.82, 2.24) is 9.80 Å². The van der Waals surface area contributed by atoms with E-state index < -0.39 is 17.5 Å². The van der Waals surface area contributed by atoms with Crippen LogP contribution in [0.15, 0.2) is 18.2 Å². The third-order valence-electron chi connectivity index (χ3n) is 4.28. The Labute approximate surface area is 134 Å². The second kappa shape index (κ2) is 7.81. The van der Waals surface area contributed by atoms with Crippen molar-refractivity contribution in [2.24, 2.45) is 11.8 Å². The van der Waals surface area contributed by atoms with Crippen molar-refractivity contribution in [2.75, 3.05) is 46.4 Å². The average Bonchev–Trinajstić information content (AvgIpc) is 2.92. The van der Waals surface area contributed by atoms with Crippen LogP contribution >= 0.6 is 0 Å². The third kappa shape index (κ3) is 4.25. The number of hydrogen-bond donors (Lipinski definition) is 2. The van der Waals surface area contributed by atoms with Crippen LogP contribution in [-0.2, 0) is 0 Å². The Balaban J connectivity index is 2.09. The first-order chi connectivity index (χ1) is 11.0. The summed E-state index contributed by atoms with van der Waals surface area (Å²) in [6.07, 6.45) is 0. The number of likely N-dealkylation sites (tertiary alicyclic amines) is 1. The van der Waals surface area contributed by atoms with E-state index in [0.29, 0.717) is 26.2 Å². The van der Waals surface area contributed by atoms with Gasteiger partial charge in [0.1, 0.15) is 11.6 Å². The van der Waals surface area contributed by atoms with E-state index in [4.69, 9.17) is 5.11 Å². The summed E-state index contributed by atoms with van der Waals surface area (Å²) in [6, 6.07) is 2.81. The molecule has 2 N–H and O–H groups in total. The molecule has 1 fully saturated rings. The molecule has 128 valence electrons. The van der Waals surface area contributed by atoms with E-state index in [2.05, 4.69) is 0 Å². The van der Waals surface area contributed by atoms with Crippen LogP contribution in [0.3, 0.4) is 0 Å². The van der Waals surface area contributed by atoms with Gasteiger partial charge in [-0.3, -0.25) is 4.79 Å². The Morgan fingerprint density at radius 1 is 1.30 bits per heavy atom. The van der Waals surface area contributed by atoms with Crippen LogP contribution in [0.4, 0.5) is 8.78 Å². The highest BCUT2D eigenvalue weighted by Crippen LogP contribution is 2.26. The summed E-state index contributed by atoms with van der Waals surface area (Å²) in [6.45, 7) is 1.75. The van der Waals surface area contributed by atoms with E-state index >= 15 is 0 Å². The van der Waals surface area contributed by atoms with Gasteiger partial charge in [-0.2, -0.15) is 0 Å². The quantitative estimate of drug-likeness (QED) is 0.801. The number of aliphatic hydroxyl groups excluding tert-OH is 2. The van der Waals surface area contributed by atoms with Gasteiger partial charge in [0.25, 0.3) is 5.91 Å². The lowest BCUT2D eigenvalue weighted by atomic mass is 9.96. The molecule has 0 aromatic heterocycles. The second-order valence-electron chi connectivity index (χ2n) is 6.02. The summed E-state index contributed by atoms with van der Waals surface area (Å²) in [5.74, 6) is -2.06.